The van der Waals surface area contributed by atoms with E-state index in [9.17, 15) is 4.39 Å². The Kier molecular flexibility index (Phi) is 1.42. The van der Waals surface area contributed by atoms with Crippen LogP contribution in [0.2, 0.25) is 0 Å². The molecule has 56 valence electrons. The number of rotatable bonds is 0. The van der Waals surface area contributed by atoms with Crippen LogP contribution in [0.5, 0.6) is 0 Å². The van der Waals surface area contributed by atoms with Crippen LogP contribution in [-0.2, 0) is 0 Å². The van der Waals surface area contributed by atoms with Crippen LogP contribution in [0.25, 0.3) is 5.52 Å². The lowest BCUT2D eigenvalue weighted by molar-refractivity contribution is 0.619. The van der Waals surface area contributed by atoms with Gasteiger partial charge in [0.1, 0.15) is 16.7 Å². The van der Waals surface area contributed by atoms with Crippen molar-refractivity contribution >= 4 is 21.4 Å². The largest absolute Gasteiger partial charge is 0.302 e. The van der Waals surface area contributed by atoms with Gasteiger partial charge >= 0.3 is 0 Å². The molecule has 0 aromatic carbocycles. The zero-order chi connectivity index (χ0) is 7.84. The minimum absolute atomic E-state index is 0.262. The number of fused-ring (bicyclic) bond motifs is 1. The summed E-state index contributed by atoms with van der Waals surface area (Å²) in [5.74, 6) is -0.262. The van der Waals surface area contributed by atoms with E-state index in [1.165, 1.54) is 12.3 Å². The Balaban J connectivity index is 2.86. The Labute approximate surface area is 70.8 Å². The number of hydrogen-bond donors (Lipinski definition) is 0. The van der Waals surface area contributed by atoms with E-state index in [1.54, 1.807) is 16.8 Å². The van der Waals surface area contributed by atoms with Gasteiger partial charge in [-0.2, -0.15) is 0 Å². The molecule has 2 rings (SSSR count). The van der Waals surface area contributed by atoms with Gasteiger partial charge in [0.05, 0.1) is 5.52 Å². The second kappa shape index (κ2) is 2.30. The van der Waals surface area contributed by atoms with Crippen molar-refractivity contribution in [1.29, 1.82) is 0 Å². The molecular formula is C7H4BrFN2. The molecule has 2 heterocycles. The van der Waals surface area contributed by atoms with Gasteiger partial charge in [-0.25, -0.2) is 9.37 Å². The van der Waals surface area contributed by atoms with Crippen molar-refractivity contribution in [2.45, 2.75) is 0 Å². The van der Waals surface area contributed by atoms with Crippen molar-refractivity contribution in [3.05, 3.63) is 35.1 Å². The highest BCUT2D eigenvalue weighted by Gasteiger charge is 1.99. The van der Waals surface area contributed by atoms with E-state index >= 15 is 0 Å². The molecule has 2 nitrogen and oxygen atoms in total. The van der Waals surface area contributed by atoms with Crippen molar-refractivity contribution in [2.24, 2.45) is 0 Å². The standard InChI is InChI=1S/C7H4BrFN2/c8-7-6-2-1-5(9)3-11(6)4-10-7/h1-4H. The van der Waals surface area contributed by atoms with Crippen molar-refractivity contribution in [3.8, 4) is 0 Å². The molecule has 0 fully saturated rings. The number of imidazole rings is 1. The van der Waals surface area contributed by atoms with E-state index in [1.807, 2.05) is 0 Å². The van der Waals surface area contributed by atoms with E-state index in [2.05, 4.69) is 20.9 Å². The fraction of sp³-hybridized carbons (Fsp3) is 0. The molecule has 0 saturated heterocycles. The van der Waals surface area contributed by atoms with Gasteiger partial charge < -0.3 is 4.40 Å². The van der Waals surface area contributed by atoms with Crippen LogP contribution in [0.3, 0.4) is 0 Å². The normalized spacial score (nSPS) is 10.7. The summed E-state index contributed by atoms with van der Waals surface area (Å²) in [6.45, 7) is 0. The predicted octanol–water partition coefficient (Wildman–Crippen LogP) is 2.24. The molecule has 0 N–H and O–H groups in total. The van der Waals surface area contributed by atoms with Gasteiger partial charge in [-0.05, 0) is 28.1 Å². The first-order valence-electron chi connectivity index (χ1n) is 3.05. The Morgan fingerprint density at radius 1 is 1.45 bits per heavy atom. The third kappa shape index (κ3) is 1.03. The van der Waals surface area contributed by atoms with Gasteiger partial charge in [0.25, 0.3) is 0 Å². The Bertz CT molecular complexity index is 396. The van der Waals surface area contributed by atoms with Crippen LogP contribution < -0.4 is 0 Å². The zero-order valence-corrected chi connectivity index (χ0v) is 7.05. The molecule has 2 aromatic rings. The summed E-state index contributed by atoms with van der Waals surface area (Å²) in [5, 5.41) is 0. The van der Waals surface area contributed by atoms with Crippen molar-refractivity contribution < 1.29 is 4.39 Å². The first-order chi connectivity index (χ1) is 5.27. The van der Waals surface area contributed by atoms with Crippen LogP contribution in [0, 0.1) is 5.82 Å². The smallest absolute Gasteiger partial charge is 0.139 e. The van der Waals surface area contributed by atoms with E-state index < -0.39 is 0 Å². The highest BCUT2D eigenvalue weighted by Crippen LogP contribution is 2.15. The summed E-state index contributed by atoms with van der Waals surface area (Å²) in [6.07, 6.45) is 2.94. The highest BCUT2D eigenvalue weighted by molar-refractivity contribution is 9.10. The van der Waals surface area contributed by atoms with Gasteiger partial charge in [-0.3, -0.25) is 0 Å². The first-order valence-corrected chi connectivity index (χ1v) is 3.84. The average Bonchev–Trinajstić information content (AvgIpc) is 2.32. The molecule has 0 bridgehead atoms. The highest BCUT2D eigenvalue weighted by atomic mass is 79.9. The molecule has 0 aliphatic rings. The molecule has 11 heavy (non-hydrogen) atoms. The van der Waals surface area contributed by atoms with Crippen LogP contribution in [-0.4, -0.2) is 9.38 Å². The summed E-state index contributed by atoms with van der Waals surface area (Å²) in [4.78, 5) is 3.95. The minimum Gasteiger partial charge on any atom is -0.302 e. The van der Waals surface area contributed by atoms with Crippen molar-refractivity contribution in [3.63, 3.8) is 0 Å². The molecule has 0 spiro atoms. The lowest BCUT2D eigenvalue weighted by atomic mass is 10.4. The van der Waals surface area contributed by atoms with Gasteiger partial charge in [-0.1, -0.05) is 0 Å². The van der Waals surface area contributed by atoms with E-state index in [4.69, 9.17) is 0 Å². The minimum atomic E-state index is -0.262. The average molecular weight is 215 g/mol. The SMILES string of the molecule is Fc1ccc2c(Br)ncn2c1. The zero-order valence-electron chi connectivity index (χ0n) is 5.46. The molecular weight excluding hydrogens is 211 g/mol. The number of nitrogens with zero attached hydrogens (tertiary/aromatic N) is 2. The molecule has 0 aliphatic carbocycles. The number of halogens is 2. The third-order valence-corrected chi connectivity index (χ3v) is 2.06. The van der Waals surface area contributed by atoms with E-state index in [0.717, 1.165) is 10.1 Å². The molecule has 4 heteroatoms. The monoisotopic (exact) mass is 214 g/mol. The second-order valence-electron chi connectivity index (χ2n) is 2.18. The van der Waals surface area contributed by atoms with Crippen molar-refractivity contribution in [2.75, 3.05) is 0 Å². The maximum Gasteiger partial charge on any atom is 0.139 e. The topological polar surface area (TPSA) is 17.3 Å². The molecule has 0 atom stereocenters. The Morgan fingerprint density at radius 2 is 2.27 bits per heavy atom. The summed E-state index contributed by atoms with van der Waals surface area (Å²) >= 11 is 3.24. The fourth-order valence-corrected chi connectivity index (χ4v) is 1.37. The van der Waals surface area contributed by atoms with Crippen LogP contribution >= 0.6 is 15.9 Å². The second-order valence-corrected chi connectivity index (χ2v) is 2.93. The first kappa shape index (κ1) is 6.79. The molecule has 0 radical (unpaired) electrons. The fourth-order valence-electron chi connectivity index (χ4n) is 0.940. The van der Waals surface area contributed by atoms with Gasteiger partial charge in [0.2, 0.25) is 0 Å². The molecule has 0 saturated carbocycles. The Hall–Kier alpha value is -0.900. The maximum absolute atomic E-state index is 12.6. The number of hydrogen-bond acceptors (Lipinski definition) is 1. The number of aromatic nitrogens is 2. The van der Waals surface area contributed by atoms with Gasteiger partial charge in [-0.15, -0.1) is 0 Å². The third-order valence-electron chi connectivity index (χ3n) is 1.45. The van der Waals surface area contributed by atoms with Gasteiger partial charge in [0.15, 0.2) is 0 Å². The summed E-state index contributed by atoms with van der Waals surface area (Å²) in [7, 11) is 0. The number of pyridine rings is 1. The molecule has 0 amide bonds. The van der Waals surface area contributed by atoms with Crippen LogP contribution in [0.15, 0.2) is 29.3 Å². The summed E-state index contributed by atoms with van der Waals surface area (Å²) < 4.78 is 14.9. The molecule has 2 aromatic heterocycles. The van der Waals surface area contributed by atoms with Crippen molar-refractivity contribution in [1.82, 2.24) is 9.38 Å². The maximum atomic E-state index is 12.6. The van der Waals surface area contributed by atoms with Crippen LogP contribution in [0.1, 0.15) is 0 Å². The van der Waals surface area contributed by atoms with E-state index in [0.29, 0.717) is 0 Å². The van der Waals surface area contributed by atoms with Crippen LogP contribution in [0.4, 0.5) is 4.39 Å². The molecule has 0 unspecified atom stereocenters. The quantitative estimate of drug-likeness (QED) is 0.658. The lowest BCUT2D eigenvalue weighted by Crippen LogP contribution is -1.82. The van der Waals surface area contributed by atoms with E-state index in [-0.39, 0.29) is 5.82 Å². The summed E-state index contributed by atoms with van der Waals surface area (Å²) in [5.41, 5.74) is 0.867. The lowest BCUT2D eigenvalue weighted by Gasteiger charge is -1.91. The summed E-state index contributed by atoms with van der Waals surface area (Å²) in [6, 6.07) is 3.08. The van der Waals surface area contributed by atoms with Gasteiger partial charge in [0, 0.05) is 6.20 Å². The Morgan fingerprint density at radius 3 is 3.09 bits per heavy atom. The predicted molar refractivity (Wildman–Crippen MR) is 42.9 cm³/mol. The molecule has 0 aliphatic heterocycles.